The highest BCUT2D eigenvalue weighted by Gasteiger charge is 2.15. The fourth-order valence-corrected chi connectivity index (χ4v) is 2.63. The molecule has 1 unspecified atom stereocenters. The van der Waals surface area contributed by atoms with E-state index in [9.17, 15) is 0 Å². The molecule has 0 aliphatic carbocycles. The summed E-state index contributed by atoms with van der Waals surface area (Å²) in [6.45, 7) is 0.915. The number of H-pyrrole nitrogens is 1. The number of pyridine rings is 1. The normalized spacial score (nSPS) is 19.4. The van der Waals surface area contributed by atoms with Crippen LogP contribution < -0.4 is 4.90 Å². The first-order chi connectivity index (χ1) is 9.72. The number of nitrogens with one attached hydrogen (secondary N) is 1. The number of aryl methyl sites for hydroxylation is 1. The zero-order chi connectivity index (χ0) is 13.9. The maximum atomic E-state index is 5.76. The van der Waals surface area contributed by atoms with Gasteiger partial charge in [-0.1, -0.05) is 0 Å². The molecule has 2 aromatic heterocycles. The second-order valence-corrected chi connectivity index (χ2v) is 5.65. The van der Waals surface area contributed by atoms with Gasteiger partial charge in [-0.15, -0.1) is 0 Å². The molecule has 0 amide bonds. The summed E-state index contributed by atoms with van der Waals surface area (Å²) in [5.41, 5.74) is 1.81. The number of fused-ring (bicyclic) bond motifs is 1. The van der Waals surface area contributed by atoms with E-state index in [4.69, 9.17) is 4.74 Å². The Kier molecular flexibility index (Phi) is 3.87. The first kappa shape index (κ1) is 13.4. The molecule has 2 aromatic rings. The minimum Gasteiger partial charge on any atom is -0.378 e. The van der Waals surface area contributed by atoms with Gasteiger partial charge in [-0.3, -0.25) is 0 Å². The number of nitrogens with zero attached hydrogens (tertiary/aromatic N) is 3. The van der Waals surface area contributed by atoms with Crippen molar-refractivity contribution in [2.24, 2.45) is 0 Å². The summed E-state index contributed by atoms with van der Waals surface area (Å²) in [5, 5.41) is 0. The predicted octanol–water partition coefficient (Wildman–Crippen LogP) is 2.53. The largest absolute Gasteiger partial charge is 0.378 e. The van der Waals surface area contributed by atoms with E-state index in [1.807, 2.05) is 31.1 Å². The molecule has 1 N–H and O–H groups in total. The third kappa shape index (κ3) is 2.93. The first-order valence-corrected chi connectivity index (χ1v) is 7.37. The van der Waals surface area contributed by atoms with E-state index in [0.717, 1.165) is 42.3 Å². The number of hydrogen-bond acceptors (Lipinski definition) is 4. The molecular formula is C15H22N4O. The van der Waals surface area contributed by atoms with Crippen LogP contribution in [0.5, 0.6) is 0 Å². The van der Waals surface area contributed by atoms with Crippen LogP contribution in [0.4, 0.5) is 5.82 Å². The molecule has 1 aliphatic heterocycles. The average Bonchev–Trinajstić information content (AvgIpc) is 2.88. The Hall–Kier alpha value is -1.62. The fraction of sp³-hybridized carbons (Fsp3) is 0.600. The first-order valence-electron chi connectivity index (χ1n) is 7.37. The van der Waals surface area contributed by atoms with E-state index in [1.54, 1.807) is 0 Å². The van der Waals surface area contributed by atoms with Crippen LogP contribution >= 0.6 is 0 Å². The van der Waals surface area contributed by atoms with Crippen molar-refractivity contribution in [3.63, 3.8) is 0 Å². The van der Waals surface area contributed by atoms with Crippen molar-refractivity contribution in [1.29, 1.82) is 0 Å². The van der Waals surface area contributed by atoms with Crippen molar-refractivity contribution in [2.45, 2.75) is 38.2 Å². The lowest BCUT2D eigenvalue weighted by Crippen LogP contribution is -2.19. The minimum absolute atomic E-state index is 0.405. The molecule has 1 atom stereocenters. The highest BCUT2D eigenvalue weighted by molar-refractivity contribution is 5.73. The number of hydrogen-bond donors (Lipinski definition) is 1. The van der Waals surface area contributed by atoms with Gasteiger partial charge in [0.1, 0.15) is 11.6 Å². The molecule has 3 rings (SSSR count). The van der Waals surface area contributed by atoms with Crippen molar-refractivity contribution < 1.29 is 4.74 Å². The van der Waals surface area contributed by atoms with Crippen molar-refractivity contribution in [1.82, 2.24) is 15.0 Å². The molecule has 5 heteroatoms. The second-order valence-electron chi connectivity index (χ2n) is 5.65. The van der Waals surface area contributed by atoms with Crippen LogP contribution in [0.15, 0.2) is 12.1 Å². The molecule has 5 nitrogen and oxygen atoms in total. The van der Waals surface area contributed by atoms with Crippen molar-refractivity contribution >= 4 is 17.0 Å². The van der Waals surface area contributed by atoms with Crippen LogP contribution in [0.2, 0.25) is 0 Å². The lowest BCUT2D eigenvalue weighted by Gasteiger charge is -2.21. The Labute approximate surface area is 119 Å². The van der Waals surface area contributed by atoms with Crippen molar-refractivity contribution in [2.75, 3.05) is 25.6 Å². The molecule has 108 valence electrons. The maximum Gasteiger partial charge on any atom is 0.179 e. The van der Waals surface area contributed by atoms with Crippen molar-refractivity contribution in [3.05, 3.63) is 18.0 Å². The van der Waals surface area contributed by atoms with Crippen LogP contribution in [0.1, 0.15) is 31.5 Å². The Morgan fingerprint density at radius 2 is 2.20 bits per heavy atom. The van der Waals surface area contributed by atoms with E-state index < -0.39 is 0 Å². The summed E-state index contributed by atoms with van der Waals surface area (Å²) < 4.78 is 5.76. The van der Waals surface area contributed by atoms with Gasteiger partial charge >= 0.3 is 0 Å². The van der Waals surface area contributed by atoms with E-state index in [2.05, 4.69) is 15.0 Å². The number of aromatic amines is 1. The van der Waals surface area contributed by atoms with E-state index in [0.29, 0.717) is 6.10 Å². The molecule has 0 saturated carbocycles. The molecule has 20 heavy (non-hydrogen) atoms. The SMILES string of the molecule is CN(C)c1ccc2[nH]c(CCC3CCCCO3)nc2n1. The Morgan fingerprint density at radius 1 is 1.30 bits per heavy atom. The number of anilines is 1. The summed E-state index contributed by atoms with van der Waals surface area (Å²) in [4.78, 5) is 14.5. The van der Waals surface area contributed by atoms with Gasteiger partial charge in [0.05, 0.1) is 11.6 Å². The summed E-state index contributed by atoms with van der Waals surface area (Å²) in [6.07, 6.45) is 6.06. The van der Waals surface area contributed by atoms with Gasteiger partial charge in [-0.05, 0) is 37.8 Å². The van der Waals surface area contributed by atoms with Gasteiger partial charge in [0.15, 0.2) is 5.65 Å². The zero-order valence-corrected chi connectivity index (χ0v) is 12.2. The van der Waals surface area contributed by atoms with Gasteiger partial charge in [0.25, 0.3) is 0 Å². The third-order valence-corrected chi connectivity index (χ3v) is 3.82. The molecule has 1 aliphatic rings. The molecule has 0 spiro atoms. The lowest BCUT2D eigenvalue weighted by molar-refractivity contribution is 0.0112. The maximum absolute atomic E-state index is 5.76. The highest BCUT2D eigenvalue weighted by atomic mass is 16.5. The molecule has 1 saturated heterocycles. The van der Waals surface area contributed by atoms with Gasteiger partial charge in [-0.2, -0.15) is 0 Å². The second kappa shape index (κ2) is 5.79. The van der Waals surface area contributed by atoms with E-state index in [-0.39, 0.29) is 0 Å². The molecule has 1 fully saturated rings. The minimum atomic E-state index is 0.405. The monoisotopic (exact) mass is 274 g/mol. The van der Waals surface area contributed by atoms with Gasteiger partial charge in [0, 0.05) is 27.1 Å². The molecule has 0 bridgehead atoms. The van der Waals surface area contributed by atoms with E-state index in [1.165, 1.54) is 19.3 Å². The van der Waals surface area contributed by atoms with Gasteiger partial charge < -0.3 is 14.6 Å². The molecular weight excluding hydrogens is 252 g/mol. The van der Waals surface area contributed by atoms with Gasteiger partial charge in [0.2, 0.25) is 0 Å². The van der Waals surface area contributed by atoms with Gasteiger partial charge in [-0.25, -0.2) is 9.97 Å². The quantitative estimate of drug-likeness (QED) is 0.931. The smallest absolute Gasteiger partial charge is 0.179 e. The van der Waals surface area contributed by atoms with Crippen LogP contribution in [0.3, 0.4) is 0 Å². The summed E-state index contributed by atoms with van der Waals surface area (Å²) in [7, 11) is 3.98. The Morgan fingerprint density at radius 3 is 2.95 bits per heavy atom. The Balaban J connectivity index is 1.69. The number of aromatic nitrogens is 3. The standard InChI is InChI=1S/C15H22N4O/c1-19(2)14-9-7-12-15(18-14)17-13(16-12)8-6-11-5-3-4-10-20-11/h7,9,11H,3-6,8,10H2,1-2H3,(H,16,17,18). The van der Waals surface area contributed by atoms with Crippen LogP contribution in [-0.2, 0) is 11.2 Å². The van der Waals surface area contributed by atoms with Crippen molar-refractivity contribution in [3.8, 4) is 0 Å². The average molecular weight is 274 g/mol. The predicted molar refractivity (Wildman–Crippen MR) is 80.1 cm³/mol. The van der Waals surface area contributed by atoms with Crippen LogP contribution in [-0.4, -0.2) is 41.8 Å². The van der Waals surface area contributed by atoms with Crippen LogP contribution in [0, 0.1) is 0 Å². The summed E-state index contributed by atoms with van der Waals surface area (Å²) in [5.74, 6) is 1.95. The number of imidazole rings is 1. The Bertz CT molecular complexity index is 572. The third-order valence-electron chi connectivity index (χ3n) is 3.82. The number of ether oxygens (including phenoxy) is 1. The van der Waals surface area contributed by atoms with Crippen LogP contribution in [0.25, 0.3) is 11.2 Å². The molecule has 0 aromatic carbocycles. The number of rotatable bonds is 4. The topological polar surface area (TPSA) is 54.0 Å². The molecule has 0 radical (unpaired) electrons. The highest BCUT2D eigenvalue weighted by Crippen LogP contribution is 2.19. The summed E-state index contributed by atoms with van der Waals surface area (Å²) in [6, 6.07) is 4.06. The fourth-order valence-electron chi connectivity index (χ4n) is 2.63. The summed E-state index contributed by atoms with van der Waals surface area (Å²) >= 11 is 0. The molecule has 3 heterocycles. The zero-order valence-electron chi connectivity index (χ0n) is 12.2. The van der Waals surface area contributed by atoms with E-state index >= 15 is 0 Å². The lowest BCUT2D eigenvalue weighted by atomic mass is 10.0.